The molecule has 0 saturated carbocycles. The molecule has 0 radical (unpaired) electrons. The van der Waals surface area contributed by atoms with Gasteiger partial charge in [-0.2, -0.15) is 0 Å². The number of rotatable bonds is 7. The van der Waals surface area contributed by atoms with Gasteiger partial charge >= 0.3 is 5.97 Å². The first kappa shape index (κ1) is 18.7. The first-order valence-electron chi connectivity index (χ1n) is 8.50. The van der Waals surface area contributed by atoms with Gasteiger partial charge in [0.15, 0.2) is 6.61 Å². The average Bonchev–Trinajstić information content (AvgIpc) is 3.11. The third-order valence-corrected chi connectivity index (χ3v) is 4.94. The summed E-state index contributed by atoms with van der Waals surface area (Å²) in [6, 6.07) is 16.7. The lowest BCUT2D eigenvalue weighted by Crippen LogP contribution is -2.20. The quantitative estimate of drug-likeness (QED) is 0.622. The van der Waals surface area contributed by atoms with Crippen LogP contribution in [0.2, 0.25) is 0 Å². The normalized spacial score (nSPS) is 10.4. The van der Waals surface area contributed by atoms with E-state index in [1.807, 2.05) is 54.6 Å². The molecule has 27 heavy (non-hydrogen) atoms. The van der Waals surface area contributed by atoms with Crippen LogP contribution < -0.4 is 10.1 Å². The highest BCUT2D eigenvalue weighted by Gasteiger charge is 2.21. The number of anilines is 1. The summed E-state index contributed by atoms with van der Waals surface area (Å²) in [6.45, 7) is 1.87. The largest absolute Gasteiger partial charge is 0.484 e. The van der Waals surface area contributed by atoms with Gasteiger partial charge in [0.25, 0.3) is 5.91 Å². The highest BCUT2D eigenvalue weighted by atomic mass is 32.1. The number of ether oxygens (including phenoxy) is 1. The molecule has 2 N–H and O–H groups in total. The first-order chi connectivity index (χ1) is 13.1. The second-order valence-corrected chi connectivity index (χ2v) is 6.74. The molecule has 6 heteroatoms. The molecule has 5 nitrogen and oxygen atoms in total. The number of aryl methyl sites for hydroxylation is 1. The van der Waals surface area contributed by atoms with Crippen LogP contribution in [-0.4, -0.2) is 23.6 Å². The Balaban J connectivity index is 1.70. The molecule has 0 unspecified atom stereocenters. The second-order valence-electron chi connectivity index (χ2n) is 5.86. The zero-order valence-corrected chi connectivity index (χ0v) is 15.6. The van der Waals surface area contributed by atoms with E-state index in [-0.39, 0.29) is 12.2 Å². The van der Waals surface area contributed by atoms with Gasteiger partial charge in [0.05, 0.1) is 0 Å². The molecule has 0 aliphatic rings. The maximum absolute atomic E-state index is 12.2. The van der Waals surface area contributed by atoms with Crippen LogP contribution in [0.25, 0.3) is 11.1 Å². The molecule has 0 aliphatic heterocycles. The fraction of sp³-hybridized carbons (Fsp3) is 0.143. The van der Waals surface area contributed by atoms with Gasteiger partial charge in [0.1, 0.15) is 16.3 Å². The minimum atomic E-state index is -1.08. The molecular weight excluding hydrogens is 362 g/mol. The third-order valence-electron chi connectivity index (χ3n) is 4.04. The number of carbonyl (C=O) groups is 2. The molecule has 1 heterocycles. The Labute approximate surface area is 161 Å². The molecule has 3 rings (SSSR count). The SMILES string of the molecule is CCc1ccc(OCC(=O)Nc2scc(-c3ccccc3)c2C(=O)O)cc1. The zero-order chi connectivity index (χ0) is 19.2. The third kappa shape index (κ3) is 4.54. The number of carboxylic acid groups (broad SMARTS) is 1. The lowest BCUT2D eigenvalue weighted by Gasteiger charge is -2.08. The molecule has 0 saturated heterocycles. The van der Waals surface area contributed by atoms with Gasteiger partial charge in [-0.15, -0.1) is 11.3 Å². The van der Waals surface area contributed by atoms with Crippen LogP contribution >= 0.6 is 11.3 Å². The summed E-state index contributed by atoms with van der Waals surface area (Å²) in [4.78, 5) is 23.9. The Morgan fingerprint density at radius 1 is 1.07 bits per heavy atom. The summed E-state index contributed by atoms with van der Waals surface area (Å²) < 4.78 is 5.48. The topological polar surface area (TPSA) is 75.6 Å². The van der Waals surface area contributed by atoms with Crippen LogP contribution in [0.3, 0.4) is 0 Å². The zero-order valence-electron chi connectivity index (χ0n) is 14.8. The van der Waals surface area contributed by atoms with Gasteiger partial charge < -0.3 is 15.2 Å². The number of hydrogen-bond donors (Lipinski definition) is 2. The molecule has 2 aromatic carbocycles. The van der Waals surface area contributed by atoms with Crippen LogP contribution in [0.1, 0.15) is 22.8 Å². The molecule has 138 valence electrons. The van der Waals surface area contributed by atoms with Crippen molar-refractivity contribution < 1.29 is 19.4 Å². The highest BCUT2D eigenvalue weighted by molar-refractivity contribution is 7.15. The van der Waals surface area contributed by atoms with E-state index < -0.39 is 11.9 Å². The van der Waals surface area contributed by atoms with Gasteiger partial charge in [-0.05, 0) is 29.7 Å². The van der Waals surface area contributed by atoms with E-state index in [0.717, 1.165) is 12.0 Å². The smallest absolute Gasteiger partial charge is 0.339 e. The average molecular weight is 381 g/mol. The summed E-state index contributed by atoms with van der Waals surface area (Å²) in [5.74, 6) is -0.892. The van der Waals surface area contributed by atoms with Crippen LogP contribution in [0.5, 0.6) is 5.75 Å². The molecular formula is C21H19NO4S. The number of carboxylic acids is 1. The van der Waals surface area contributed by atoms with Crippen LogP contribution in [-0.2, 0) is 11.2 Å². The standard InChI is InChI=1S/C21H19NO4S/c1-2-14-8-10-16(11-9-14)26-12-18(23)22-20-19(21(24)25)17(13-27-20)15-6-4-3-5-7-15/h3-11,13H,2,12H2,1H3,(H,22,23)(H,24,25). The lowest BCUT2D eigenvalue weighted by atomic mass is 10.0. The van der Waals surface area contributed by atoms with Crippen molar-refractivity contribution in [1.82, 2.24) is 0 Å². The van der Waals surface area contributed by atoms with Crippen molar-refractivity contribution in [3.05, 3.63) is 71.1 Å². The number of benzene rings is 2. The number of carbonyl (C=O) groups excluding carboxylic acids is 1. The molecule has 1 aromatic heterocycles. The van der Waals surface area contributed by atoms with Gasteiger partial charge in [-0.1, -0.05) is 49.4 Å². The fourth-order valence-electron chi connectivity index (χ4n) is 2.63. The predicted molar refractivity (Wildman–Crippen MR) is 107 cm³/mol. The summed E-state index contributed by atoms with van der Waals surface area (Å²) >= 11 is 1.19. The van der Waals surface area contributed by atoms with Crippen LogP contribution in [0.15, 0.2) is 60.0 Å². The van der Waals surface area contributed by atoms with Crippen molar-refractivity contribution in [2.24, 2.45) is 0 Å². The Morgan fingerprint density at radius 2 is 1.78 bits per heavy atom. The summed E-state index contributed by atoms with van der Waals surface area (Å²) in [6.07, 6.45) is 0.931. The van der Waals surface area contributed by atoms with E-state index in [9.17, 15) is 14.7 Å². The van der Waals surface area contributed by atoms with Crippen molar-refractivity contribution >= 4 is 28.2 Å². The number of amides is 1. The first-order valence-corrected chi connectivity index (χ1v) is 9.38. The van der Waals surface area contributed by atoms with E-state index in [1.165, 1.54) is 16.9 Å². The molecule has 0 bridgehead atoms. The van der Waals surface area contributed by atoms with Gasteiger partial charge in [-0.3, -0.25) is 4.79 Å². The molecule has 3 aromatic rings. The Morgan fingerprint density at radius 3 is 2.41 bits per heavy atom. The van der Waals surface area contributed by atoms with E-state index in [4.69, 9.17) is 4.74 Å². The maximum atomic E-state index is 12.2. The van der Waals surface area contributed by atoms with Crippen LogP contribution in [0, 0.1) is 0 Å². The molecule has 0 aliphatic carbocycles. The van der Waals surface area contributed by atoms with E-state index in [2.05, 4.69) is 12.2 Å². The predicted octanol–water partition coefficient (Wildman–Crippen LogP) is 4.69. The Bertz CT molecular complexity index is 933. The second kappa shape index (κ2) is 8.51. The molecule has 1 amide bonds. The fourth-order valence-corrected chi connectivity index (χ4v) is 3.60. The maximum Gasteiger partial charge on any atom is 0.339 e. The van der Waals surface area contributed by atoms with Gasteiger partial charge in [0, 0.05) is 10.9 Å². The summed E-state index contributed by atoms with van der Waals surface area (Å²) in [5.41, 5.74) is 2.65. The van der Waals surface area contributed by atoms with Crippen LogP contribution in [0.4, 0.5) is 5.00 Å². The summed E-state index contributed by atoms with van der Waals surface area (Å²) in [5, 5.41) is 14.3. The van der Waals surface area contributed by atoms with Crippen molar-refractivity contribution in [2.75, 3.05) is 11.9 Å². The van der Waals surface area contributed by atoms with E-state index in [1.54, 1.807) is 5.38 Å². The van der Waals surface area contributed by atoms with Crippen molar-refractivity contribution in [3.63, 3.8) is 0 Å². The highest BCUT2D eigenvalue weighted by Crippen LogP contribution is 2.35. The minimum Gasteiger partial charge on any atom is -0.484 e. The van der Waals surface area contributed by atoms with Crippen molar-refractivity contribution in [3.8, 4) is 16.9 Å². The Kier molecular flexibility index (Phi) is 5.88. The van der Waals surface area contributed by atoms with E-state index in [0.29, 0.717) is 16.3 Å². The van der Waals surface area contributed by atoms with E-state index >= 15 is 0 Å². The Hall–Kier alpha value is -3.12. The number of thiophene rings is 1. The lowest BCUT2D eigenvalue weighted by molar-refractivity contribution is -0.118. The minimum absolute atomic E-state index is 0.0897. The monoisotopic (exact) mass is 381 g/mol. The number of hydrogen-bond acceptors (Lipinski definition) is 4. The number of aromatic carboxylic acids is 1. The molecule has 0 spiro atoms. The van der Waals surface area contributed by atoms with Crippen molar-refractivity contribution in [2.45, 2.75) is 13.3 Å². The van der Waals surface area contributed by atoms with Crippen molar-refractivity contribution in [1.29, 1.82) is 0 Å². The van der Waals surface area contributed by atoms with Gasteiger partial charge in [-0.25, -0.2) is 4.79 Å². The summed E-state index contributed by atoms with van der Waals surface area (Å²) in [7, 11) is 0. The van der Waals surface area contributed by atoms with Gasteiger partial charge in [0.2, 0.25) is 0 Å². The number of nitrogens with one attached hydrogen (secondary N) is 1. The molecule has 0 fully saturated rings. The molecule has 0 atom stereocenters.